The summed E-state index contributed by atoms with van der Waals surface area (Å²) < 4.78 is 0. The van der Waals surface area contributed by atoms with Crippen LogP contribution in [0.15, 0.2) is 18.2 Å². The molecule has 1 heteroatoms. The first-order valence-electron chi connectivity index (χ1n) is 3.23. The molecule has 0 aromatic heterocycles. The van der Waals surface area contributed by atoms with Gasteiger partial charge in [0.15, 0.2) is 0 Å². The average Bonchev–Trinajstić information content (AvgIpc) is 1.59. The molecular weight excluding hydrogens is 131 g/mol. The third-order valence-electron chi connectivity index (χ3n) is 1.37. The van der Waals surface area contributed by atoms with Crippen LogP contribution in [-0.2, 0) is 0 Å². The van der Waals surface area contributed by atoms with Crippen LogP contribution in [0.1, 0.15) is 16.7 Å². The Morgan fingerprint density at radius 1 is 0.700 bits per heavy atom. The van der Waals surface area contributed by atoms with Gasteiger partial charge in [-0.3, -0.25) is 0 Å². The van der Waals surface area contributed by atoms with Crippen LogP contribution in [0, 0.1) is 20.8 Å². The Labute approximate surface area is 84.9 Å². The molecule has 0 amide bonds. The second kappa shape index (κ2) is 4.17. The van der Waals surface area contributed by atoms with Crippen LogP contribution in [0.25, 0.3) is 0 Å². The van der Waals surface area contributed by atoms with Crippen molar-refractivity contribution in [3.8, 4) is 0 Å². The summed E-state index contributed by atoms with van der Waals surface area (Å²) in [4.78, 5) is 0. The van der Waals surface area contributed by atoms with Crippen molar-refractivity contribution in [1.29, 1.82) is 0 Å². The van der Waals surface area contributed by atoms with Gasteiger partial charge in [-0.1, -0.05) is 34.9 Å². The van der Waals surface area contributed by atoms with E-state index in [1.165, 1.54) is 16.7 Å². The summed E-state index contributed by atoms with van der Waals surface area (Å²) in [5.41, 5.74) is 4.06. The Morgan fingerprint density at radius 2 is 0.900 bits per heavy atom. The molecule has 0 nitrogen and oxygen atoms in total. The van der Waals surface area contributed by atoms with Crippen LogP contribution in [0.3, 0.4) is 0 Å². The van der Waals surface area contributed by atoms with Crippen molar-refractivity contribution in [2.75, 3.05) is 0 Å². The first-order chi connectivity index (χ1) is 4.18. The molecule has 0 heterocycles. The SMILES string of the molecule is Cc1cc(C)cc(C)c1.[Na+]. The van der Waals surface area contributed by atoms with Gasteiger partial charge in [-0.15, -0.1) is 0 Å². The molecule has 0 N–H and O–H groups in total. The molecule has 0 bridgehead atoms. The fourth-order valence-electron chi connectivity index (χ4n) is 1.20. The van der Waals surface area contributed by atoms with Gasteiger partial charge in [0.2, 0.25) is 0 Å². The topological polar surface area (TPSA) is 0 Å². The first-order valence-corrected chi connectivity index (χ1v) is 3.23. The number of rotatable bonds is 0. The van der Waals surface area contributed by atoms with E-state index in [1.54, 1.807) is 0 Å². The molecule has 1 rings (SSSR count). The summed E-state index contributed by atoms with van der Waals surface area (Å²) in [5.74, 6) is 0. The van der Waals surface area contributed by atoms with Crippen LogP contribution in [0.4, 0.5) is 0 Å². The molecule has 1 aromatic rings. The molecule has 0 atom stereocenters. The maximum Gasteiger partial charge on any atom is 1.00 e. The maximum atomic E-state index is 2.19. The van der Waals surface area contributed by atoms with Crippen LogP contribution >= 0.6 is 0 Å². The Hall–Kier alpha value is 0.220. The van der Waals surface area contributed by atoms with Crippen molar-refractivity contribution in [3.63, 3.8) is 0 Å². The second-order valence-electron chi connectivity index (χ2n) is 2.67. The number of hydrogen-bond donors (Lipinski definition) is 0. The molecule has 0 saturated heterocycles. The molecule has 0 unspecified atom stereocenters. The van der Waals surface area contributed by atoms with E-state index < -0.39 is 0 Å². The smallest absolute Gasteiger partial charge is 0.0564 e. The number of hydrogen-bond acceptors (Lipinski definition) is 0. The normalized spacial score (nSPS) is 8.70. The molecule has 48 valence electrons. The van der Waals surface area contributed by atoms with Gasteiger partial charge in [-0.2, -0.15) is 0 Å². The maximum absolute atomic E-state index is 2.19. The van der Waals surface area contributed by atoms with Gasteiger partial charge in [0.05, 0.1) is 0 Å². The minimum atomic E-state index is 0. The molecule has 1 aromatic carbocycles. The van der Waals surface area contributed by atoms with Crippen molar-refractivity contribution in [2.24, 2.45) is 0 Å². The zero-order valence-corrected chi connectivity index (χ0v) is 9.23. The summed E-state index contributed by atoms with van der Waals surface area (Å²) in [6.45, 7) is 6.38. The summed E-state index contributed by atoms with van der Waals surface area (Å²) in [5, 5.41) is 0. The van der Waals surface area contributed by atoms with E-state index in [1.807, 2.05) is 0 Å². The van der Waals surface area contributed by atoms with Crippen molar-refractivity contribution in [2.45, 2.75) is 20.8 Å². The van der Waals surface area contributed by atoms with E-state index >= 15 is 0 Å². The quantitative estimate of drug-likeness (QED) is 0.434. The Bertz CT molecular complexity index is 165. The van der Waals surface area contributed by atoms with Crippen LogP contribution in [0.2, 0.25) is 0 Å². The number of benzene rings is 1. The fraction of sp³-hybridized carbons (Fsp3) is 0.333. The second-order valence-corrected chi connectivity index (χ2v) is 2.67. The van der Waals surface area contributed by atoms with E-state index in [0.29, 0.717) is 0 Å². The average molecular weight is 143 g/mol. The zero-order chi connectivity index (χ0) is 6.85. The summed E-state index contributed by atoms with van der Waals surface area (Å²) in [6.07, 6.45) is 0. The Kier molecular flexibility index (Phi) is 4.26. The summed E-state index contributed by atoms with van der Waals surface area (Å²) in [7, 11) is 0. The van der Waals surface area contributed by atoms with Crippen molar-refractivity contribution >= 4 is 0 Å². The van der Waals surface area contributed by atoms with Gasteiger partial charge >= 0.3 is 29.6 Å². The summed E-state index contributed by atoms with van der Waals surface area (Å²) >= 11 is 0. The molecule has 0 aliphatic rings. The van der Waals surface area contributed by atoms with E-state index in [-0.39, 0.29) is 29.6 Å². The monoisotopic (exact) mass is 143 g/mol. The third-order valence-corrected chi connectivity index (χ3v) is 1.37. The largest absolute Gasteiger partial charge is 1.00 e. The van der Waals surface area contributed by atoms with Gasteiger partial charge < -0.3 is 0 Å². The predicted octanol–water partition coefficient (Wildman–Crippen LogP) is -0.384. The van der Waals surface area contributed by atoms with E-state index in [9.17, 15) is 0 Å². The molecule has 10 heavy (non-hydrogen) atoms. The molecule has 0 radical (unpaired) electrons. The first kappa shape index (κ1) is 10.2. The van der Waals surface area contributed by atoms with Gasteiger partial charge in [-0.05, 0) is 20.8 Å². The van der Waals surface area contributed by atoms with Gasteiger partial charge in [0.25, 0.3) is 0 Å². The molecule has 0 aliphatic carbocycles. The van der Waals surface area contributed by atoms with Gasteiger partial charge in [0.1, 0.15) is 0 Å². The van der Waals surface area contributed by atoms with Gasteiger partial charge in [0, 0.05) is 0 Å². The predicted molar refractivity (Wildman–Crippen MR) is 40.7 cm³/mol. The van der Waals surface area contributed by atoms with Crippen LogP contribution in [0.5, 0.6) is 0 Å². The van der Waals surface area contributed by atoms with Crippen molar-refractivity contribution in [3.05, 3.63) is 34.9 Å². The minimum Gasteiger partial charge on any atom is -0.0564 e. The molecule has 0 spiro atoms. The standard InChI is InChI=1S/C9H12.Na/c1-7-4-8(2)6-9(3)5-7;/h4-6H,1-3H3;/q;+1. The van der Waals surface area contributed by atoms with Crippen LogP contribution < -0.4 is 29.6 Å². The van der Waals surface area contributed by atoms with Gasteiger partial charge in [-0.25, -0.2) is 0 Å². The molecular formula is C9H12Na+. The van der Waals surface area contributed by atoms with E-state index in [2.05, 4.69) is 39.0 Å². The zero-order valence-electron chi connectivity index (χ0n) is 7.23. The molecule has 0 aliphatic heterocycles. The summed E-state index contributed by atoms with van der Waals surface area (Å²) in [6, 6.07) is 6.56. The fourth-order valence-corrected chi connectivity index (χ4v) is 1.20. The Morgan fingerprint density at radius 3 is 1.10 bits per heavy atom. The van der Waals surface area contributed by atoms with Crippen LogP contribution in [-0.4, -0.2) is 0 Å². The minimum absolute atomic E-state index is 0. The number of aryl methyl sites for hydroxylation is 3. The van der Waals surface area contributed by atoms with E-state index in [4.69, 9.17) is 0 Å². The molecule has 0 fully saturated rings. The van der Waals surface area contributed by atoms with Crippen molar-refractivity contribution in [1.82, 2.24) is 0 Å². The van der Waals surface area contributed by atoms with E-state index in [0.717, 1.165) is 0 Å². The Balaban J connectivity index is 0.000000810. The third kappa shape index (κ3) is 2.87. The molecule has 0 saturated carbocycles. The van der Waals surface area contributed by atoms with Crippen molar-refractivity contribution < 1.29 is 29.6 Å².